The molecule has 0 unspecified atom stereocenters. The molecule has 0 saturated carbocycles. The van der Waals surface area contributed by atoms with E-state index in [0.29, 0.717) is 0 Å². The van der Waals surface area contributed by atoms with Crippen molar-refractivity contribution in [3.8, 4) is 5.75 Å². The Balaban J connectivity index is 3.27. The standard InChI is InChI=1S/C8H4ClF3O3/c9-3-1-2-4(15-8(11)12)5(6(3)10)7(13)14/h1-2,8H,(H,13,14). The minimum atomic E-state index is -3.23. The summed E-state index contributed by atoms with van der Waals surface area (Å²) in [5.41, 5.74) is -1.01. The van der Waals surface area contributed by atoms with Gasteiger partial charge in [-0.1, -0.05) is 11.6 Å². The molecule has 1 aromatic carbocycles. The summed E-state index contributed by atoms with van der Waals surface area (Å²) >= 11 is 5.29. The molecule has 0 radical (unpaired) electrons. The number of alkyl halides is 2. The van der Waals surface area contributed by atoms with E-state index in [1.165, 1.54) is 0 Å². The fourth-order valence-electron chi connectivity index (χ4n) is 0.926. The van der Waals surface area contributed by atoms with E-state index in [0.717, 1.165) is 12.1 Å². The molecular formula is C8H4ClF3O3. The first-order valence-corrected chi connectivity index (χ1v) is 3.97. The van der Waals surface area contributed by atoms with Crippen molar-refractivity contribution in [3.05, 3.63) is 28.5 Å². The number of benzene rings is 1. The minimum absolute atomic E-state index is 0.478. The van der Waals surface area contributed by atoms with Crippen LogP contribution >= 0.6 is 11.6 Å². The van der Waals surface area contributed by atoms with Gasteiger partial charge in [0.25, 0.3) is 0 Å². The molecule has 1 N–H and O–H groups in total. The van der Waals surface area contributed by atoms with E-state index in [9.17, 15) is 18.0 Å². The number of carbonyl (C=O) groups is 1. The van der Waals surface area contributed by atoms with Crippen molar-refractivity contribution in [2.75, 3.05) is 0 Å². The molecule has 3 nitrogen and oxygen atoms in total. The third-order valence-corrected chi connectivity index (χ3v) is 1.78. The molecule has 0 aliphatic heterocycles. The molecule has 0 saturated heterocycles. The fraction of sp³-hybridized carbons (Fsp3) is 0.125. The number of ether oxygens (including phenoxy) is 1. The highest BCUT2D eigenvalue weighted by atomic mass is 35.5. The largest absolute Gasteiger partial charge is 0.477 e. The second kappa shape index (κ2) is 4.39. The Morgan fingerprint density at radius 2 is 2.07 bits per heavy atom. The van der Waals surface area contributed by atoms with Crippen LogP contribution in [0.5, 0.6) is 5.75 Å². The van der Waals surface area contributed by atoms with Crippen LogP contribution in [0.1, 0.15) is 10.4 Å². The van der Waals surface area contributed by atoms with E-state index in [-0.39, 0.29) is 0 Å². The van der Waals surface area contributed by atoms with Crippen LogP contribution in [0.15, 0.2) is 12.1 Å². The summed E-state index contributed by atoms with van der Waals surface area (Å²) in [4.78, 5) is 10.6. The van der Waals surface area contributed by atoms with Crippen molar-refractivity contribution in [1.82, 2.24) is 0 Å². The molecule has 0 aliphatic rings. The van der Waals surface area contributed by atoms with Gasteiger partial charge in [0, 0.05) is 0 Å². The van der Waals surface area contributed by atoms with Gasteiger partial charge in [0.1, 0.15) is 11.3 Å². The van der Waals surface area contributed by atoms with E-state index in [1.54, 1.807) is 0 Å². The van der Waals surface area contributed by atoms with Crippen LogP contribution in [0.25, 0.3) is 0 Å². The predicted octanol–water partition coefficient (Wildman–Crippen LogP) is 2.78. The number of halogens is 4. The van der Waals surface area contributed by atoms with E-state index < -0.39 is 34.7 Å². The Bertz CT molecular complexity index is 395. The summed E-state index contributed by atoms with van der Waals surface area (Å²) in [5.74, 6) is -3.80. The van der Waals surface area contributed by atoms with Crippen molar-refractivity contribution < 1.29 is 27.8 Å². The summed E-state index contributed by atoms with van der Waals surface area (Å²) in [6.07, 6.45) is 0. The average Bonchev–Trinajstić information content (AvgIpc) is 2.10. The lowest BCUT2D eigenvalue weighted by Crippen LogP contribution is -2.09. The molecule has 0 fully saturated rings. The SMILES string of the molecule is O=C(O)c1c(OC(F)F)ccc(Cl)c1F. The summed E-state index contributed by atoms with van der Waals surface area (Å²) in [7, 11) is 0. The van der Waals surface area contributed by atoms with Crippen molar-refractivity contribution in [2.45, 2.75) is 6.61 Å². The van der Waals surface area contributed by atoms with Gasteiger partial charge in [0.05, 0.1) is 5.02 Å². The second-order valence-electron chi connectivity index (χ2n) is 2.42. The second-order valence-corrected chi connectivity index (χ2v) is 2.83. The van der Waals surface area contributed by atoms with Crippen LogP contribution < -0.4 is 4.74 Å². The van der Waals surface area contributed by atoms with Gasteiger partial charge >= 0.3 is 12.6 Å². The first-order valence-electron chi connectivity index (χ1n) is 3.59. The summed E-state index contributed by atoms with van der Waals surface area (Å²) in [5, 5.41) is 8.08. The summed E-state index contributed by atoms with van der Waals surface area (Å²) < 4.78 is 40.6. The fourth-order valence-corrected chi connectivity index (χ4v) is 1.08. The molecule has 0 bridgehead atoms. The van der Waals surface area contributed by atoms with Gasteiger partial charge in [-0.05, 0) is 12.1 Å². The van der Waals surface area contributed by atoms with Crippen molar-refractivity contribution in [1.29, 1.82) is 0 Å². The van der Waals surface area contributed by atoms with Crippen LogP contribution in [0.4, 0.5) is 13.2 Å². The normalized spacial score (nSPS) is 10.5. The van der Waals surface area contributed by atoms with E-state index in [2.05, 4.69) is 4.74 Å². The zero-order valence-corrected chi connectivity index (χ0v) is 7.76. The van der Waals surface area contributed by atoms with Gasteiger partial charge < -0.3 is 9.84 Å². The molecular weight excluding hydrogens is 237 g/mol. The lowest BCUT2D eigenvalue weighted by molar-refractivity contribution is -0.0505. The van der Waals surface area contributed by atoms with Crippen LogP contribution in [-0.2, 0) is 0 Å². The molecule has 82 valence electrons. The lowest BCUT2D eigenvalue weighted by atomic mass is 10.2. The van der Waals surface area contributed by atoms with Crippen LogP contribution in [-0.4, -0.2) is 17.7 Å². The van der Waals surface area contributed by atoms with Gasteiger partial charge in [-0.2, -0.15) is 8.78 Å². The molecule has 0 heterocycles. The first-order chi connectivity index (χ1) is 6.93. The maximum Gasteiger partial charge on any atom is 0.387 e. The van der Waals surface area contributed by atoms with Gasteiger partial charge in [0.15, 0.2) is 5.82 Å². The minimum Gasteiger partial charge on any atom is -0.477 e. The van der Waals surface area contributed by atoms with Gasteiger partial charge in [-0.25, -0.2) is 9.18 Å². The monoisotopic (exact) mass is 240 g/mol. The van der Waals surface area contributed by atoms with Crippen LogP contribution in [0.3, 0.4) is 0 Å². The van der Waals surface area contributed by atoms with Crippen molar-refractivity contribution in [2.24, 2.45) is 0 Å². The average molecular weight is 241 g/mol. The Hall–Kier alpha value is -1.43. The van der Waals surface area contributed by atoms with Crippen molar-refractivity contribution in [3.63, 3.8) is 0 Å². The molecule has 7 heteroatoms. The Morgan fingerprint density at radius 1 is 1.47 bits per heavy atom. The molecule has 0 spiro atoms. The van der Waals surface area contributed by atoms with Crippen LogP contribution in [0, 0.1) is 5.82 Å². The number of aromatic carboxylic acids is 1. The summed E-state index contributed by atoms with van der Waals surface area (Å²) in [6.45, 7) is -3.23. The topological polar surface area (TPSA) is 46.5 Å². The highest BCUT2D eigenvalue weighted by Gasteiger charge is 2.21. The van der Waals surface area contributed by atoms with E-state index >= 15 is 0 Å². The highest BCUT2D eigenvalue weighted by Crippen LogP contribution is 2.28. The zero-order chi connectivity index (χ0) is 11.6. The van der Waals surface area contributed by atoms with Gasteiger partial charge in [-0.15, -0.1) is 0 Å². The highest BCUT2D eigenvalue weighted by molar-refractivity contribution is 6.31. The van der Waals surface area contributed by atoms with Gasteiger partial charge in [-0.3, -0.25) is 0 Å². The number of carboxylic acids is 1. The van der Waals surface area contributed by atoms with Gasteiger partial charge in [0.2, 0.25) is 0 Å². The Labute approximate surface area is 87.0 Å². The van der Waals surface area contributed by atoms with Crippen molar-refractivity contribution >= 4 is 17.6 Å². The smallest absolute Gasteiger partial charge is 0.387 e. The number of carboxylic acid groups (broad SMARTS) is 1. The first kappa shape index (κ1) is 11.6. The zero-order valence-electron chi connectivity index (χ0n) is 7.01. The van der Waals surface area contributed by atoms with Crippen LogP contribution in [0.2, 0.25) is 5.02 Å². The molecule has 1 aromatic rings. The Morgan fingerprint density at radius 3 is 2.53 bits per heavy atom. The molecule has 15 heavy (non-hydrogen) atoms. The number of hydrogen-bond acceptors (Lipinski definition) is 2. The molecule has 1 rings (SSSR count). The van der Waals surface area contributed by atoms with E-state index in [1.807, 2.05) is 0 Å². The quantitative estimate of drug-likeness (QED) is 0.884. The lowest BCUT2D eigenvalue weighted by Gasteiger charge is -2.08. The Kier molecular flexibility index (Phi) is 3.41. The maximum absolute atomic E-state index is 13.1. The third-order valence-electron chi connectivity index (χ3n) is 1.49. The molecule has 0 atom stereocenters. The maximum atomic E-state index is 13.1. The molecule has 0 amide bonds. The third kappa shape index (κ3) is 2.53. The molecule has 0 aliphatic carbocycles. The predicted molar refractivity (Wildman–Crippen MR) is 45.0 cm³/mol. The summed E-state index contributed by atoms with van der Waals surface area (Å²) in [6, 6.07) is 1.79. The number of hydrogen-bond donors (Lipinski definition) is 1. The van der Waals surface area contributed by atoms with E-state index in [4.69, 9.17) is 16.7 Å². The molecule has 0 aromatic heterocycles. The number of rotatable bonds is 3.